The van der Waals surface area contributed by atoms with E-state index in [1.54, 1.807) is 0 Å². The Hall–Kier alpha value is -1.96. The number of amides is 1. The molecule has 8 nitrogen and oxygen atoms in total. The first-order chi connectivity index (χ1) is 8.10. The third-order valence-corrected chi connectivity index (χ3v) is 2.16. The van der Waals surface area contributed by atoms with Gasteiger partial charge in [0.1, 0.15) is 6.54 Å². The van der Waals surface area contributed by atoms with Crippen LogP contribution in [0.25, 0.3) is 0 Å². The minimum Gasteiger partial charge on any atom is -0.476 e. The third-order valence-electron chi connectivity index (χ3n) is 2.16. The smallest absolute Gasteiger partial charge is 0.358 e. The molecule has 1 heterocycles. The van der Waals surface area contributed by atoms with E-state index in [-0.39, 0.29) is 18.1 Å². The van der Waals surface area contributed by atoms with Crippen LogP contribution in [0.2, 0.25) is 0 Å². The van der Waals surface area contributed by atoms with Crippen molar-refractivity contribution in [1.82, 2.24) is 20.3 Å². The van der Waals surface area contributed by atoms with E-state index in [0.29, 0.717) is 18.7 Å². The number of hydrogen-bond acceptors (Lipinski definition) is 5. The highest BCUT2D eigenvalue weighted by Gasteiger charge is 2.19. The van der Waals surface area contributed by atoms with Crippen molar-refractivity contribution in [2.75, 3.05) is 20.8 Å². The maximum absolute atomic E-state index is 11.2. The van der Waals surface area contributed by atoms with Gasteiger partial charge in [-0.25, -0.2) is 9.48 Å². The predicted octanol–water partition coefficient (Wildman–Crippen LogP) is -1.09. The van der Waals surface area contributed by atoms with Crippen LogP contribution in [0.4, 0.5) is 0 Å². The van der Waals surface area contributed by atoms with Crippen molar-refractivity contribution < 1.29 is 19.4 Å². The van der Waals surface area contributed by atoms with Crippen molar-refractivity contribution in [3.05, 3.63) is 11.4 Å². The number of carbonyl (C=O) groups is 2. The average Bonchev–Trinajstić information content (AvgIpc) is 2.69. The molecule has 17 heavy (non-hydrogen) atoms. The fraction of sp³-hybridized carbons (Fsp3) is 0.556. The number of hydrogen-bond donors (Lipinski definition) is 2. The Kier molecular flexibility index (Phi) is 4.58. The third kappa shape index (κ3) is 3.25. The van der Waals surface area contributed by atoms with Gasteiger partial charge in [0.25, 0.3) is 0 Å². The van der Waals surface area contributed by atoms with Gasteiger partial charge in [-0.1, -0.05) is 5.21 Å². The molecule has 0 aliphatic heterocycles. The summed E-state index contributed by atoms with van der Waals surface area (Å²) in [5, 5.41) is 18.5. The number of methoxy groups -OCH3 is 1. The van der Waals surface area contributed by atoms with Gasteiger partial charge in [-0.05, 0) is 0 Å². The molecule has 1 aromatic rings. The number of aromatic carboxylic acids is 1. The number of likely N-dealkylation sites (N-methyl/N-ethyl adjacent to an activating group) is 1. The van der Waals surface area contributed by atoms with E-state index in [0.717, 1.165) is 0 Å². The molecule has 0 unspecified atom stereocenters. The summed E-state index contributed by atoms with van der Waals surface area (Å²) in [6, 6.07) is 0. The SMILES string of the molecule is CNC(=O)Cn1nnc(C(=O)O)c1CCOC. The van der Waals surface area contributed by atoms with Crippen molar-refractivity contribution in [3.8, 4) is 0 Å². The molecule has 0 aliphatic rings. The fourth-order valence-corrected chi connectivity index (χ4v) is 1.29. The molecule has 0 radical (unpaired) electrons. The minimum absolute atomic E-state index is 0.0597. The van der Waals surface area contributed by atoms with Gasteiger partial charge < -0.3 is 15.2 Å². The first kappa shape index (κ1) is 13.1. The Bertz CT molecular complexity index is 415. The number of nitrogens with zero attached hydrogens (tertiary/aromatic N) is 3. The quantitative estimate of drug-likeness (QED) is 0.656. The van der Waals surface area contributed by atoms with Gasteiger partial charge in [-0.15, -0.1) is 5.10 Å². The monoisotopic (exact) mass is 242 g/mol. The Morgan fingerprint density at radius 3 is 2.76 bits per heavy atom. The van der Waals surface area contributed by atoms with Crippen molar-refractivity contribution in [1.29, 1.82) is 0 Å². The summed E-state index contributed by atoms with van der Waals surface area (Å²) in [4.78, 5) is 22.1. The van der Waals surface area contributed by atoms with Gasteiger partial charge in [-0.3, -0.25) is 4.79 Å². The topological polar surface area (TPSA) is 106 Å². The molecule has 1 amide bonds. The second-order valence-corrected chi connectivity index (χ2v) is 3.26. The van der Waals surface area contributed by atoms with Gasteiger partial charge in [-0.2, -0.15) is 0 Å². The van der Waals surface area contributed by atoms with Crippen LogP contribution in [0.15, 0.2) is 0 Å². The molecule has 0 aromatic carbocycles. The lowest BCUT2D eigenvalue weighted by atomic mass is 10.2. The standard InChI is InChI=1S/C9H14N4O4/c1-10-7(14)5-13-6(3-4-17-2)8(9(15)16)11-12-13/h3-5H2,1-2H3,(H,10,14)(H,15,16). The summed E-state index contributed by atoms with van der Waals surface area (Å²) >= 11 is 0. The Morgan fingerprint density at radius 2 is 2.24 bits per heavy atom. The number of aromatic nitrogens is 3. The van der Waals surface area contributed by atoms with E-state index in [2.05, 4.69) is 15.6 Å². The summed E-state index contributed by atoms with van der Waals surface area (Å²) in [5.41, 5.74) is 0.230. The number of carbonyl (C=O) groups excluding carboxylic acids is 1. The van der Waals surface area contributed by atoms with Crippen LogP contribution in [0.1, 0.15) is 16.2 Å². The second-order valence-electron chi connectivity index (χ2n) is 3.26. The molecular formula is C9H14N4O4. The maximum Gasteiger partial charge on any atom is 0.358 e. The van der Waals surface area contributed by atoms with Gasteiger partial charge in [0.2, 0.25) is 5.91 Å². The van der Waals surface area contributed by atoms with E-state index in [1.807, 2.05) is 0 Å². The molecule has 0 spiro atoms. The first-order valence-corrected chi connectivity index (χ1v) is 4.95. The van der Waals surface area contributed by atoms with Gasteiger partial charge in [0.15, 0.2) is 5.69 Å². The average molecular weight is 242 g/mol. The molecule has 1 aromatic heterocycles. The van der Waals surface area contributed by atoms with Crippen LogP contribution in [0.3, 0.4) is 0 Å². The summed E-state index contributed by atoms with van der Waals surface area (Å²) < 4.78 is 6.14. The Labute approximate surface area is 97.6 Å². The van der Waals surface area contributed by atoms with Crippen LogP contribution in [0.5, 0.6) is 0 Å². The molecule has 8 heteroatoms. The molecule has 0 saturated carbocycles. The molecule has 0 aliphatic carbocycles. The Morgan fingerprint density at radius 1 is 1.53 bits per heavy atom. The van der Waals surface area contributed by atoms with Crippen LogP contribution < -0.4 is 5.32 Å². The van der Waals surface area contributed by atoms with Gasteiger partial charge in [0.05, 0.1) is 12.3 Å². The van der Waals surface area contributed by atoms with Crippen LogP contribution in [-0.4, -0.2) is 52.7 Å². The molecule has 94 valence electrons. The summed E-state index contributed by atoms with van der Waals surface area (Å²) in [7, 11) is 3.00. The van der Waals surface area contributed by atoms with Crippen molar-refractivity contribution in [2.24, 2.45) is 0 Å². The summed E-state index contributed by atoms with van der Waals surface area (Å²) in [5.74, 6) is -1.44. The Balaban J connectivity index is 2.95. The van der Waals surface area contributed by atoms with Crippen molar-refractivity contribution >= 4 is 11.9 Å². The second kappa shape index (κ2) is 5.94. The minimum atomic E-state index is -1.17. The van der Waals surface area contributed by atoms with E-state index in [4.69, 9.17) is 9.84 Å². The highest BCUT2D eigenvalue weighted by molar-refractivity contribution is 5.86. The molecule has 1 rings (SSSR count). The van der Waals surface area contributed by atoms with Gasteiger partial charge >= 0.3 is 5.97 Å². The normalized spacial score (nSPS) is 10.2. The summed E-state index contributed by atoms with van der Waals surface area (Å²) in [6.45, 7) is 0.275. The van der Waals surface area contributed by atoms with Crippen molar-refractivity contribution in [2.45, 2.75) is 13.0 Å². The van der Waals surface area contributed by atoms with Crippen LogP contribution in [-0.2, 0) is 22.5 Å². The number of carboxylic acid groups (broad SMARTS) is 1. The van der Waals surface area contributed by atoms with Crippen molar-refractivity contribution in [3.63, 3.8) is 0 Å². The molecule has 0 saturated heterocycles. The van der Waals surface area contributed by atoms with E-state index < -0.39 is 5.97 Å². The summed E-state index contributed by atoms with van der Waals surface area (Å²) in [6.07, 6.45) is 0.335. The zero-order valence-electron chi connectivity index (χ0n) is 9.63. The molecule has 0 fully saturated rings. The number of rotatable bonds is 6. The van der Waals surface area contributed by atoms with Gasteiger partial charge in [0, 0.05) is 20.6 Å². The highest BCUT2D eigenvalue weighted by Crippen LogP contribution is 2.06. The van der Waals surface area contributed by atoms with E-state index in [1.165, 1.54) is 18.8 Å². The number of carboxylic acids is 1. The lowest BCUT2D eigenvalue weighted by molar-refractivity contribution is -0.121. The lowest BCUT2D eigenvalue weighted by Crippen LogP contribution is -2.25. The zero-order chi connectivity index (χ0) is 12.8. The lowest BCUT2D eigenvalue weighted by Gasteiger charge is -2.05. The first-order valence-electron chi connectivity index (χ1n) is 4.95. The van der Waals surface area contributed by atoms with Crippen LogP contribution >= 0.6 is 0 Å². The zero-order valence-corrected chi connectivity index (χ0v) is 9.63. The maximum atomic E-state index is 11.2. The molecular weight excluding hydrogens is 228 g/mol. The number of ether oxygens (including phenoxy) is 1. The largest absolute Gasteiger partial charge is 0.476 e. The highest BCUT2D eigenvalue weighted by atomic mass is 16.5. The van der Waals surface area contributed by atoms with Crippen LogP contribution in [0, 0.1) is 0 Å². The van der Waals surface area contributed by atoms with E-state index >= 15 is 0 Å². The molecule has 0 bridgehead atoms. The predicted molar refractivity (Wildman–Crippen MR) is 56.6 cm³/mol. The molecule has 0 atom stereocenters. The van der Waals surface area contributed by atoms with E-state index in [9.17, 15) is 9.59 Å². The fourth-order valence-electron chi connectivity index (χ4n) is 1.29. The molecule has 2 N–H and O–H groups in total. The number of nitrogens with one attached hydrogen (secondary N) is 1.